The summed E-state index contributed by atoms with van der Waals surface area (Å²) in [6.07, 6.45) is 1.03. The summed E-state index contributed by atoms with van der Waals surface area (Å²) in [5.41, 5.74) is 0. The zero-order chi connectivity index (χ0) is 15.5. The maximum atomic E-state index is 6.01. The average Bonchev–Trinajstić information content (AvgIpc) is 3.12. The molecule has 1 aromatic carbocycles. The minimum atomic E-state index is 0.104. The molecule has 1 aliphatic heterocycles. The molecule has 0 radical (unpaired) electrons. The molecule has 118 valence electrons. The fourth-order valence-corrected chi connectivity index (χ4v) is 3.30. The number of halogens is 2. The van der Waals surface area contributed by atoms with Gasteiger partial charge in [0.05, 0.1) is 16.6 Å². The standard InChI is InChI=1S/C14H15Cl2N3O2S/c1-20-8-13-17-14(22-18-13)19-5-4-10(7-19)21-9-2-3-11(15)12(16)6-9/h2-3,6,10H,4-5,7-8H2,1H3. The van der Waals surface area contributed by atoms with Gasteiger partial charge in [0.1, 0.15) is 18.5 Å². The van der Waals surface area contributed by atoms with Crippen LogP contribution in [0.2, 0.25) is 10.0 Å². The lowest BCUT2D eigenvalue weighted by molar-refractivity contribution is 0.179. The molecule has 0 N–H and O–H groups in total. The molecule has 5 nitrogen and oxygen atoms in total. The molecular weight excluding hydrogens is 345 g/mol. The van der Waals surface area contributed by atoms with E-state index in [1.54, 1.807) is 19.2 Å². The van der Waals surface area contributed by atoms with Gasteiger partial charge in [-0.2, -0.15) is 4.37 Å². The van der Waals surface area contributed by atoms with E-state index in [0.717, 1.165) is 36.2 Å². The highest BCUT2D eigenvalue weighted by atomic mass is 35.5. The molecule has 22 heavy (non-hydrogen) atoms. The Balaban J connectivity index is 1.60. The molecule has 2 aromatic rings. The van der Waals surface area contributed by atoms with E-state index < -0.39 is 0 Å². The van der Waals surface area contributed by atoms with Crippen molar-refractivity contribution < 1.29 is 9.47 Å². The van der Waals surface area contributed by atoms with Crippen molar-refractivity contribution in [3.63, 3.8) is 0 Å². The largest absolute Gasteiger partial charge is 0.488 e. The fourth-order valence-electron chi connectivity index (χ4n) is 2.30. The molecule has 0 bridgehead atoms. The Kier molecular flexibility index (Phi) is 5.03. The van der Waals surface area contributed by atoms with Crippen molar-refractivity contribution in [3.05, 3.63) is 34.1 Å². The number of rotatable bonds is 5. The number of hydrogen-bond donors (Lipinski definition) is 0. The number of nitrogens with zero attached hydrogens (tertiary/aromatic N) is 3. The van der Waals surface area contributed by atoms with Gasteiger partial charge >= 0.3 is 0 Å². The first-order valence-corrected chi connectivity index (χ1v) is 8.37. The summed E-state index contributed by atoms with van der Waals surface area (Å²) in [6.45, 7) is 2.11. The van der Waals surface area contributed by atoms with E-state index >= 15 is 0 Å². The number of methoxy groups -OCH3 is 1. The van der Waals surface area contributed by atoms with Crippen LogP contribution in [0.15, 0.2) is 18.2 Å². The predicted octanol–water partition coefficient (Wildman–Crippen LogP) is 3.65. The van der Waals surface area contributed by atoms with Crippen LogP contribution in [0.3, 0.4) is 0 Å². The molecule has 2 heterocycles. The second-order valence-electron chi connectivity index (χ2n) is 4.98. The van der Waals surface area contributed by atoms with Crippen molar-refractivity contribution in [2.24, 2.45) is 0 Å². The zero-order valence-electron chi connectivity index (χ0n) is 12.0. The van der Waals surface area contributed by atoms with E-state index in [4.69, 9.17) is 32.7 Å². The molecule has 0 saturated carbocycles. The third-order valence-corrected chi connectivity index (χ3v) is 4.89. The van der Waals surface area contributed by atoms with E-state index in [2.05, 4.69) is 14.3 Å². The normalized spacial score (nSPS) is 18.0. The summed E-state index contributed by atoms with van der Waals surface area (Å²) in [5.74, 6) is 1.45. The number of aromatic nitrogens is 2. The molecule has 1 fully saturated rings. The van der Waals surface area contributed by atoms with Crippen LogP contribution in [-0.2, 0) is 11.3 Å². The van der Waals surface area contributed by atoms with Crippen LogP contribution in [0.5, 0.6) is 5.75 Å². The maximum absolute atomic E-state index is 6.01. The van der Waals surface area contributed by atoms with Crippen LogP contribution in [0, 0.1) is 0 Å². The molecule has 1 atom stereocenters. The summed E-state index contributed by atoms with van der Waals surface area (Å²) >= 11 is 13.3. The summed E-state index contributed by atoms with van der Waals surface area (Å²) in [6, 6.07) is 5.32. The van der Waals surface area contributed by atoms with Gasteiger partial charge in [0.2, 0.25) is 5.13 Å². The first-order chi connectivity index (χ1) is 10.7. The molecule has 1 aliphatic rings. The Morgan fingerprint density at radius 1 is 1.36 bits per heavy atom. The van der Waals surface area contributed by atoms with Crippen LogP contribution >= 0.6 is 34.7 Å². The van der Waals surface area contributed by atoms with E-state index in [1.807, 2.05) is 6.07 Å². The quantitative estimate of drug-likeness (QED) is 0.815. The van der Waals surface area contributed by atoms with Gasteiger partial charge in [-0.15, -0.1) is 0 Å². The molecule has 0 spiro atoms. The Hall–Kier alpha value is -1.08. The van der Waals surface area contributed by atoms with Crippen molar-refractivity contribution >= 4 is 39.9 Å². The summed E-state index contributed by atoms with van der Waals surface area (Å²) in [7, 11) is 1.64. The Morgan fingerprint density at radius 3 is 3.00 bits per heavy atom. The Labute approximate surface area is 142 Å². The third-order valence-electron chi connectivity index (χ3n) is 3.34. The molecular formula is C14H15Cl2N3O2S. The van der Waals surface area contributed by atoms with Crippen molar-refractivity contribution in [3.8, 4) is 5.75 Å². The van der Waals surface area contributed by atoms with Gasteiger partial charge in [0, 0.05) is 37.7 Å². The lowest BCUT2D eigenvalue weighted by Crippen LogP contribution is -2.24. The monoisotopic (exact) mass is 359 g/mol. The van der Waals surface area contributed by atoms with Crippen LogP contribution in [0.4, 0.5) is 5.13 Å². The van der Waals surface area contributed by atoms with E-state index in [0.29, 0.717) is 16.7 Å². The molecule has 8 heteroatoms. The van der Waals surface area contributed by atoms with Crippen molar-refractivity contribution in [2.75, 3.05) is 25.1 Å². The first kappa shape index (κ1) is 15.8. The van der Waals surface area contributed by atoms with Crippen molar-refractivity contribution in [1.29, 1.82) is 0 Å². The van der Waals surface area contributed by atoms with Gasteiger partial charge in [0.15, 0.2) is 5.82 Å². The highest BCUT2D eigenvalue weighted by Gasteiger charge is 2.26. The smallest absolute Gasteiger partial charge is 0.205 e. The molecule has 1 saturated heterocycles. The van der Waals surface area contributed by atoms with E-state index in [-0.39, 0.29) is 6.10 Å². The maximum Gasteiger partial charge on any atom is 0.205 e. The first-order valence-electron chi connectivity index (χ1n) is 6.84. The van der Waals surface area contributed by atoms with Gasteiger partial charge in [0.25, 0.3) is 0 Å². The highest BCUT2D eigenvalue weighted by Crippen LogP contribution is 2.29. The number of hydrogen-bond acceptors (Lipinski definition) is 6. The van der Waals surface area contributed by atoms with Gasteiger partial charge in [-0.25, -0.2) is 4.98 Å². The SMILES string of the molecule is COCc1nsc(N2CCC(Oc3ccc(Cl)c(Cl)c3)C2)n1. The molecule has 0 amide bonds. The molecule has 0 aliphatic carbocycles. The Bertz CT molecular complexity index is 653. The summed E-state index contributed by atoms with van der Waals surface area (Å²) in [4.78, 5) is 6.64. The van der Waals surface area contributed by atoms with Crippen LogP contribution in [-0.4, -0.2) is 35.7 Å². The summed E-state index contributed by atoms with van der Waals surface area (Å²) < 4.78 is 15.3. The third kappa shape index (κ3) is 3.63. The molecule has 1 aromatic heterocycles. The van der Waals surface area contributed by atoms with Gasteiger partial charge in [-0.05, 0) is 12.1 Å². The van der Waals surface area contributed by atoms with E-state index in [1.165, 1.54) is 11.5 Å². The second kappa shape index (κ2) is 7.00. The lowest BCUT2D eigenvalue weighted by Gasteiger charge is -2.16. The molecule has 3 rings (SSSR count). The van der Waals surface area contributed by atoms with Gasteiger partial charge in [-0.1, -0.05) is 23.2 Å². The fraction of sp³-hybridized carbons (Fsp3) is 0.429. The van der Waals surface area contributed by atoms with Crippen molar-refractivity contribution in [1.82, 2.24) is 9.36 Å². The topological polar surface area (TPSA) is 47.5 Å². The number of benzene rings is 1. The van der Waals surface area contributed by atoms with Crippen molar-refractivity contribution in [2.45, 2.75) is 19.1 Å². The number of anilines is 1. The second-order valence-corrected chi connectivity index (χ2v) is 6.52. The highest BCUT2D eigenvalue weighted by molar-refractivity contribution is 7.09. The minimum absolute atomic E-state index is 0.104. The summed E-state index contributed by atoms with van der Waals surface area (Å²) in [5, 5.41) is 1.94. The average molecular weight is 360 g/mol. The molecule has 1 unspecified atom stereocenters. The lowest BCUT2D eigenvalue weighted by atomic mass is 10.3. The minimum Gasteiger partial charge on any atom is -0.488 e. The zero-order valence-corrected chi connectivity index (χ0v) is 14.3. The predicted molar refractivity (Wildman–Crippen MR) is 88.3 cm³/mol. The van der Waals surface area contributed by atoms with E-state index in [9.17, 15) is 0 Å². The number of ether oxygens (including phenoxy) is 2. The van der Waals surface area contributed by atoms with Gasteiger partial charge in [-0.3, -0.25) is 0 Å². The van der Waals surface area contributed by atoms with Crippen LogP contribution in [0.1, 0.15) is 12.2 Å². The van der Waals surface area contributed by atoms with Crippen LogP contribution in [0.25, 0.3) is 0 Å². The van der Waals surface area contributed by atoms with Crippen LogP contribution < -0.4 is 9.64 Å². The van der Waals surface area contributed by atoms with Gasteiger partial charge < -0.3 is 14.4 Å². The Morgan fingerprint density at radius 2 is 2.23 bits per heavy atom.